The van der Waals surface area contributed by atoms with Crippen molar-refractivity contribution in [2.75, 3.05) is 25.4 Å². The predicted octanol–water partition coefficient (Wildman–Crippen LogP) is 0.855. The number of nitrogen functional groups attached to an aromatic ring is 1. The van der Waals surface area contributed by atoms with E-state index in [4.69, 9.17) is 10.2 Å². The third-order valence-electron chi connectivity index (χ3n) is 3.61. The quantitative estimate of drug-likeness (QED) is 0.760. The minimum Gasteiger partial charge on any atom is -0.443 e. The van der Waals surface area contributed by atoms with E-state index in [2.05, 4.69) is 20.1 Å². The number of rotatable bonds is 4. The molecule has 0 amide bonds. The van der Waals surface area contributed by atoms with E-state index in [1.165, 1.54) is 17.0 Å². The number of hydrogen-bond donors (Lipinski definition) is 1. The van der Waals surface area contributed by atoms with Crippen LogP contribution in [0.4, 0.5) is 14.7 Å². The van der Waals surface area contributed by atoms with Gasteiger partial charge < -0.3 is 10.2 Å². The Morgan fingerprint density at radius 2 is 2.13 bits per heavy atom. The summed E-state index contributed by atoms with van der Waals surface area (Å²) in [7, 11) is 0. The molecule has 10 heteroatoms. The molecule has 4 heterocycles. The normalized spacial score (nSPS) is 17.5. The van der Waals surface area contributed by atoms with Crippen LogP contribution in [0.1, 0.15) is 5.82 Å². The zero-order valence-electron chi connectivity index (χ0n) is 12.0. The largest absolute Gasteiger partial charge is 0.443 e. The molecule has 0 spiro atoms. The van der Waals surface area contributed by atoms with E-state index < -0.39 is 5.92 Å². The summed E-state index contributed by atoms with van der Waals surface area (Å²) in [6.45, 7) is 0.0587. The molecular formula is C13H13F2N7O. The molecule has 3 aromatic rings. The Balaban J connectivity index is 1.54. The first-order valence-corrected chi connectivity index (χ1v) is 7.02. The number of nitrogens with zero attached hydrogens (tertiary/aromatic N) is 6. The van der Waals surface area contributed by atoms with Crippen molar-refractivity contribution in [3.8, 4) is 11.6 Å². The molecule has 2 N–H and O–H groups in total. The first kappa shape index (κ1) is 14.0. The Kier molecular flexibility index (Phi) is 3.01. The first-order chi connectivity index (χ1) is 11.0. The Hall–Kier alpha value is -2.62. The Morgan fingerprint density at radius 1 is 1.30 bits per heavy atom. The van der Waals surface area contributed by atoms with E-state index >= 15 is 0 Å². The van der Waals surface area contributed by atoms with Crippen LogP contribution in [0.5, 0.6) is 0 Å². The molecule has 0 saturated carbocycles. The number of fused-ring (bicyclic) bond motifs is 1. The minimum absolute atomic E-state index is 0.157. The molecule has 0 unspecified atom stereocenters. The second-order valence-electron chi connectivity index (χ2n) is 5.45. The molecule has 1 fully saturated rings. The van der Waals surface area contributed by atoms with Crippen LogP contribution in [0.3, 0.4) is 0 Å². The van der Waals surface area contributed by atoms with Crippen LogP contribution in [0.15, 0.2) is 22.9 Å². The van der Waals surface area contributed by atoms with Crippen molar-refractivity contribution in [1.82, 2.24) is 29.5 Å². The predicted molar refractivity (Wildman–Crippen MR) is 75.8 cm³/mol. The van der Waals surface area contributed by atoms with Gasteiger partial charge in [0.15, 0.2) is 11.5 Å². The van der Waals surface area contributed by atoms with Crippen LogP contribution in [0.2, 0.25) is 0 Å². The van der Waals surface area contributed by atoms with Gasteiger partial charge in [0, 0.05) is 19.0 Å². The maximum absolute atomic E-state index is 12.8. The number of nitrogens with two attached hydrogens (primary N) is 1. The number of halogens is 2. The van der Waals surface area contributed by atoms with Crippen molar-refractivity contribution in [3.63, 3.8) is 0 Å². The van der Waals surface area contributed by atoms with E-state index in [0.29, 0.717) is 36.0 Å². The Bertz CT molecular complexity index is 838. The summed E-state index contributed by atoms with van der Waals surface area (Å²) in [6, 6.07) is 1.66. The lowest BCUT2D eigenvalue weighted by molar-refractivity contribution is -0.129. The summed E-state index contributed by atoms with van der Waals surface area (Å²) in [6.07, 6.45) is 3.41. The van der Waals surface area contributed by atoms with Crippen LogP contribution in [0, 0.1) is 0 Å². The smallest absolute Gasteiger partial charge is 0.272 e. The van der Waals surface area contributed by atoms with Gasteiger partial charge >= 0.3 is 0 Å². The van der Waals surface area contributed by atoms with Crippen LogP contribution >= 0.6 is 0 Å². The Morgan fingerprint density at radius 3 is 2.83 bits per heavy atom. The number of alkyl halides is 2. The monoisotopic (exact) mass is 321 g/mol. The lowest BCUT2D eigenvalue weighted by atomic mass is 10.1. The highest BCUT2D eigenvalue weighted by Gasteiger charge is 2.43. The van der Waals surface area contributed by atoms with Gasteiger partial charge in [-0.1, -0.05) is 0 Å². The number of likely N-dealkylation sites (tertiary alicyclic amines) is 1. The Labute approximate surface area is 128 Å². The van der Waals surface area contributed by atoms with Crippen LogP contribution in [-0.2, 0) is 6.42 Å². The number of oxazole rings is 1. The van der Waals surface area contributed by atoms with Gasteiger partial charge in [0.2, 0.25) is 11.8 Å². The molecule has 23 heavy (non-hydrogen) atoms. The molecule has 0 atom stereocenters. The highest BCUT2D eigenvalue weighted by atomic mass is 19.3. The summed E-state index contributed by atoms with van der Waals surface area (Å²) in [5.74, 6) is -1.54. The first-order valence-electron chi connectivity index (χ1n) is 7.02. The number of hydrogen-bond acceptors (Lipinski definition) is 7. The zero-order valence-corrected chi connectivity index (χ0v) is 12.0. The molecule has 0 bridgehead atoms. The molecule has 0 aromatic carbocycles. The maximum Gasteiger partial charge on any atom is 0.272 e. The van der Waals surface area contributed by atoms with Crippen molar-refractivity contribution in [2.45, 2.75) is 12.3 Å². The van der Waals surface area contributed by atoms with Gasteiger partial charge in [-0.2, -0.15) is 4.52 Å². The lowest BCUT2D eigenvalue weighted by Gasteiger charge is -2.38. The van der Waals surface area contributed by atoms with Gasteiger partial charge in [-0.3, -0.25) is 4.90 Å². The average molecular weight is 321 g/mol. The van der Waals surface area contributed by atoms with Crippen LogP contribution in [0.25, 0.3) is 17.2 Å². The lowest BCUT2D eigenvalue weighted by Crippen LogP contribution is -2.56. The summed E-state index contributed by atoms with van der Waals surface area (Å²) in [5, 5.41) is 4.25. The topological polar surface area (TPSA) is 98.4 Å². The van der Waals surface area contributed by atoms with E-state index in [9.17, 15) is 8.78 Å². The van der Waals surface area contributed by atoms with E-state index in [1.54, 1.807) is 11.0 Å². The molecule has 8 nitrogen and oxygen atoms in total. The molecule has 1 aliphatic heterocycles. The van der Waals surface area contributed by atoms with E-state index in [-0.39, 0.29) is 19.0 Å². The fourth-order valence-corrected chi connectivity index (χ4v) is 2.55. The zero-order chi connectivity index (χ0) is 16.0. The van der Waals surface area contributed by atoms with Crippen molar-refractivity contribution >= 4 is 11.6 Å². The fraction of sp³-hybridized carbons (Fsp3) is 0.385. The van der Waals surface area contributed by atoms with E-state index in [1.807, 2.05) is 0 Å². The molecule has 120 valence electrons. The summed E-state index contributed by atoms with van der Waals surface area (Å²) < 4.78 is 32.2. The summed E-state index contributed by atoms with van der Waals surface area (Å²) >= 11 is 0. The van der Waals surface area contributed by atoms with Crippen molar-refractivity contribution < 1.29 is 13.2 Å². The van der Waals surface area contributed by atoms with Crippen molar-refractivity contribution in [2.24, 2.45) is 0 Å². The molecule has 1 saturated heterocycles. The molecule has 4 rings (SSSR count). The van der Waals surface area contributed by atoms with Gasteiger partial charge in [0.25, 0.3) is 5.92 Å². The molecule has 1 aliphatic rings. The molecule has 0 aliphatic carbocycles. The molecular weight excluding hydrogens is 308 g/mol. The second kappa shape index (κ2) is 4.95. The van der Waals surface area contributed by atoms with Gasteiger partial charge in [-0.15, -0.1) is 5.10 Å². The summed E-state index contributed by atoms with van der Waals surface area (Å²) in [4.78, 5) is 14.2. The maximum atomic E-state index is 12.8. The second-order valence-corrected chi connectivity index (χ2v) is 5.45. The molecule has 3 aromatic heterocycles. The third-order valence-corrected chi connectivity index (χ3v) is 3.61. The fourth-order valence-electron chi connectivity index (χ4n) is 2.55. The van der Waals surface area contributed by atoms with Crippen LogP contribution in [-0.4, -0.2) is 55.0 Å². The van der Waals surface area contributed by atoms with Crippen molar-refractivity contribution in [3.05, 3.63) is 24.4 Å². The highest BCUT2D eigenvalue weighted by molar-refractivity contribution is 5.58. The number of anilines is 1. The van der Waals surface area contributed by atoms with Gasteiger partial charge in [-0.05, 0) is 0 Å². The minimum atomic E-state index is -2.56. The van der Waals surface area contributed by atoms with E-state index in [0.717, 1.165) is 0 Å². The summed E-state index contributed by atoms with van der Waals surface area (Å²) in [5.41, 5.74) is 6.84. The van der Waals surface area contributed by atoms with Gasteiger partial charge in [0.1, 0.15) is 12.0 Å². The highest BCUT2D eigenvalue weighted by Crippen LogP contribution is 2.26. The third kappa shape index (κ3) is 2.61. The standard InChI is InChI=1S/C13H13F2N7O/c14-13(15)6-21(7-13)3-1-9-19-10-5-8(11-17-2-4-23-11)18-12(16)22(10)20-9/h2,4-5H,1,3,6-7H2,(H2,16,18). The molecule has 0 radical (unpaired) electrons. The van der Waals surface area contributed by atoms with Gasteiger partial charge in [-0.25, -0.2) is 23.7 Å². The van der Waals surface area contributed by atoms with Crippen LogP contribution < -0.4 is 5.73 Å². The number of aromatic nitrogens is 5. The van der Waals surface area contributed by atoms with Crippen molar-refractivity contribution in [1.29, 1.82) is 0 Å². The van der Waals surface area contributed by atoms with Gasteiger partial charge in [0.05, 0.1) is 19.3 Å². The SMILES string of the molecule is Nc1nc(-c2ncco2)cc2nc(CCN3CC(F)(F)C3)nn12. The average Bonchev–Trinajstić information content (AvgIpc) is 3.11.